The van der Waals surface area contributed by atoms with Gasteiger partial charge in [0.05, 0.1) is 13.7 Å². The molecule has 0 atom stereocenters. The molecule has 1 fully saturated rings. The van der Waals surface area contributed by atoms with Crippen molar-refractivity contribution in [2.75, 3.05) is 38.7 Å². The number of amides is 1. The highest BCUT2D eigenvalue weighted by molar-refractivity contribution is 5.92. The number of aliphatic hydroxyl groups excluding tert-OH is 1. The maximum absolute atomic E-state index is 12.1. The fraction of sp³-hybridized carbons (Fsp3) is 0.588. The number of nitrogens with one attached hydrogen (secondary N) is 1. The highest BCUT2D eigenvalue weighted by Crippen LogP contribution is 2.34. The Balaban J connectivity index is 1.80. The van der Waals surface area contributed by atoms with E-state index in [9.17, 15) is 9.90 Å². The van der Waals surface area contributed by atoms with Crippen molar-refractivity contribution >= 4 is 11.6 Å². The van der Waals surface area contributed by atoms with Crippen molar-refractivity contribution in [3.05, 3.63) is 24.3 Å². The van der Waals surface area contributed by atoms with E-state index in [0.717, 1.165) is 43.8 Å². The van der Waals surface area contributed by atoms with Crippen LogP contribution in [0.2, 0.25) is 0 Å². The number of nitrogens with zero attached hydrogens (tertiary/aromatic N) is 1. The number of carbonyl (C=O) groups is 1. The lowest BCUT2D eigenvalue weighted by Crippen LogP contribution is -2.44. The predicted octanol–water partition coefficient (Wildman–Crippen LogP) is 2.12. The second-order valence-electron chi connectivity index (χ2n) is 6.06. The zero-order chi connectivity index (χ0) is 16.0. The van der Waals surface area contributed by atoms with Crippen LogP contribution in [0, 0.1) is 5.41 Å². The number of methoxy groups -OCH3 is 1. The van der Waals surface area contributed by atoms with Gasteiger partial charge in [-0.05, 0) is 62.0 Å². The number of benzene rings is 1. The number of likely N-dealkylation sites (tertiary alicyclic amines) is 1. The van der Waals surface area contributed by atoms with Crippen molar-refractivity contribution in [2.45, 2.75) is 26.2 Å². The quantitative estimate of drug-likeness (QED) is 0.845. The number of hydrogen-bond acceptors (Lipinski definition) is 4. The number of ether oxygens (including phenoxy) is 1. The molecule has 0 spiro atoms. The summed E-state index contributed by atoms with van der Waals surface area (Å²) in [5, 5.41) is 12.4. The average molecular weight is 306 g/mol. The number of anilines is 1. The predicted molar refractivity (Wildman–Crippen MR) is 87.1 cm³/mol. The SMILES string of the molecule is CCC1(CO)CCN(CC(=O)Nc2ccc(OC)cc2)CC1. The Bertz CT molecular complexity index is 473. The molecule has 0 aromatic heterocycles. The molecular weight excluding hydrogens is 280 g/mol. The standard InChI is InChI=1S/C17H26N2O3/c1-3-17(13-20)8-10-19(11-9-17)12-16(21)18-14-4-6-15(22-2)7-5-14/h4-7,20H,3,8-13H2,1-2H3,(H,18,21). The molecule has 0 aliphatic carbocycles. The number of hydrogen-bond donors (Lipinski definition) is 2. The minimum Gasteiger partial charge on any atom is -0.497 e. The van der Waals surface area contributed by atoms with Crippen molar-refractivity contribution < 1.29 is 14.6 Å². The van der Waals surface area contributed by atoms with Gasteiger partial charge in [-0.15, -0.1) is 0 Å². The van der Waals surface area contributed by atoms with Crippen molar-refractivity contribution in [1.29, 1.82) is 0 Å². The van der Waals surface area contributed by atoms with Gasteiger partial charge in [0.1, 0.15) is 5.75 Å². The summed E-state index contributed by atoms with van der Waals surface area (Å²) >= 11 is 0. The molecule has 1 aliphatic heterocycles. The normalized spacial score (nSPS) is 18.0. The van der Waals surface area contributed by atoms with Crippen LogP contribution < -0.4 is 10.1 Å². The Hall–Kier alpha value is -1.59. The fourth-order valence-electron chi connectivity index (χ4n) is 2.89. The highest BCUT2D eigenvalue weighted by Gasteiger charge is 2.32. The first-order chi connectivity index (χ1) is 10.6. The smallest absolute Gasteiger partial charge is 0.238 e. The Morgan fingerprint density at radius 1 is 1.32 bits per heavy atom. The summed E-state index contributed by atoms with van der Waals surface area (Å²) in [5.74, 6) is 0.770. The van der Waals surface area contributed by atoms with Crippen LogP contribution in [0.15, 0.2) is 24.3 Å². The number of carbonyl (C=O) groups excluding carboxylic acids is 1. The summed E-state index contributed by atoms with van der Waals surface area (Å²) in [5.41, 5.74) is 0.837. The first-order valence-corrected chi connectivity index (χ1v) is 7.88. The van der Waals surface area contributed by atoms with Gasteiger partial charge in [-0.3, -0.25) is 9.69 Å². The number of rotatable bonds is 6. The van der Waals surface area contributed by atoms with Gasteiger partial charge in [0.15, 0.2) is 0 Å². The molecule has 1 heterocycles. The van der Waals surface area contributed by atoms with Crippen LogP contribution in [0.3, 0.4) is 0 Å². The van der Waals surface area contributed by atoms with Crippen LogP contribution in [-0.2, 0) is 4.79 Å². The van der Waals surface area contributed by atoms with E-state index in [0.29, 0.717) is 6.54 Å². The lowest BCUT2D eigenvalue weighted by Gasteiger charge is -2.39. The van der Waals surface area contributed by atoms with Crippen molar-refractivity contribution in [1.82, 2.24) is 4.90 Å². The number of piperidine rings is 1. The molecule has 1 aromatic carbocycles. The largest absolute Gasteiger partial charge is 0.497 e. The van der Waals surface area contributed by atoms with Crippen molar-refractivity contribution in [3.8, 4) is 5.75 Å². The van der Waals surface area contributed by atoms with Gasteiger partial charge < -0.3 is 15.2 Å². The molecule has 1 amide bonds. The molecule has 1 aromatic rings. The molecule has 5 heteroatoms. The summed E-state index contributed by atoms with van der Waals surface area (Å²) in [7, 11) is 1.62. The molecule has 0 unspecified atom stereocenters. The Morgan fingerprint density at radius 2 is 1.95 bits per heavy atom. The fourth-order valence-corrected chi connectivity index (χ4v) is 2.89. The molecule has 2 rings (SSSR count). The molecule has 22 heavy (non-hydrogen) atoms. The molecular formula is C17H26N2O3. The minimum absolute atomic E-state index is 0.00170. The third-order valence-corrected chi connectivity index (χ3v) is 4.74. The van der Waals surface area contributed by atoms with E-state index in [1.165, 1.54) is 0 Å². The maximum atomic E-state index is 12.1. The molecule has 0 radical (unpaired) electrons. The van der Waals surface area contributed by atoms with Crippen molar-refractivity contribution in [2.24, 2.45) is 5.41 Å². The van der Waals surface area contributed by atoms with E-state index in [1.807, 2.05) is 24.3 Å². The monoisotopic (exact) mass is 306 g/mol. The van der Waals surface area contributed by atoms with Crippen LogP contribution in [0.25, 0.3) is 0 Å². The van der Waals surface area contributed by atoms with Gasteiger partial charge in [0.25, 0.3) is 0 Å². The molecule has 0 saturated carbocycles. The summed E-state index contributed by atoms with van der Waals surface area (Å²) in [6.45, 7) is 4.50. The molecule has 1 saturated heterocycles. The van der Waals surface area contributed by atoms with E-state index >= 15 is 0 Å². The van der Waals surface area contributed by atoms with E-state index in [4.69, 9.17) is 4.74 Å². The van der Waals surface area contributed by atoms with Gasteiger partial charge in [-0.1, -0.05) is 6.92 Å². The second-order valence-corrected chi connectivity index (χ2v) is 6.06. The Labute approximate surface area is 132 Å². The molecule has 0 bridgehead atoms. The zero-order valence-corrected chi connectivity index (χ0v) is 13.5. The van der Waals surface area contributed by atoms with E-state index in [1.54, 1.807) is 7.11 Å². The van der Waals surface area contributed by atoms with Gasteiger partial charge in [-0.25, -0.2) is 0 Å². The second kappa shape index (κ2) is 7.61. The van der Waals surface area contributed by atoms with Gasteiger partial charge >= 0.3 is 0 Å². The van der Waals surface area contributed by atoms with Crippen LogP contribution >= 0.6 is 0 Å². The summed E-state index contributed by atoms with van der Waals surface area (Å²) in [6, 6.07) is 7.32. The molecule has 122 valence electrons. The van der Waals surface area contributed by atoms with Gasteiger partial charge in [-0.2, -0.15) is 0 Å². The summed E-state index contributed by atoms with van der Waals surface area (Å²) in [6.07, 6.45) is 2.90. The van der Waals surface area contributed by atoms with Crippen LogP contribution in [0.5, 0.6) is 5.75 Å². The van der Waals surface area contributed by atoms with Crippen LogP contribution in [-0.4, -0.2) is 49.3 Å². The minimum atomic E-state index is -0.00170. The van der Waals surface area contributed by atoms with E-state index in [2.05, 4.69) is 17.1 Å². The molecule has 2 N–H and O–H groups in total. The highest BCUT2D eigenvalue weighted by atomic mass is 16.5. The maximum Gasteiger partial charge on any atom is 0.238 e. The lowest BCUT2D eigenvalue weighted by atomic mass is 9.77. The van der Waals surface area contributed by atoms with Crippen LogP contribution in [0.4, 0.5) is 5.69 Å². The summed E-state index contributed by atoms with van der Waals surface area (Å²) < 4.78 is 5.10. The van der Waals surface area contributed by atoms with E-state index < -0.39 is 0 Å². The summed E-state index contributed by atoms with van der Waals surface area (Å²) in [4.78, 5) is 14.3. The van der Waals surface area contributed by atoms with Gasteiger partial charge in [0.2, 0.25) is 5.91 Å². The van der Waals surface area contributed by atoms with E-state index in [-0.39, 0.29) is 17.9 Å². The first-order valence-electron chi connectivity index (χ1n) is 7.88. The van der Waals surface area contributed by atoms with Crippen LogP contribution in [0.1, 0.15) is 26.2 Å². The third kappa shape index (κ3) is 4.21. The molecule has 1 aliphatic rings. The topological polar surface area (TPSA) is 61.8 Å². The lowest BCUT2D eigenvalue weighted by molar-refractivity contribution is -0.118. The van der Waals surface area contributed by atoms with Crippen molar-refractivity contribution in [3.63, 3.8) is 0 Å². The Morgan fingerprint density at radius 3 is 2.45 bits per heavy atom. The molecule has 5 nitrogen and oxygen atoms in total. The first kappa shape index (κ1) is 16.8. The number of aliphatic hydroxyl groups is 1. The Kier molecular flexibility index (Phi) is 5.80. The average Bonchev–Trinajstić information content (AvgIpc) is 2.56. The van der Waals surface area contributed by atoms with Gasteiger partial charge in [0, 0.05) is 12.3 Å². The third-order valence-electron chi connectivity index (χ3n) is 4.74. The zero-order valence-electron chi connectivity index (χ0n) is 13.5.